The molecular weight excluding hydrogens is 158 g/mol. The van der Waals surface area contributed by atoms with Gasteiger partial charge in [0.1, 0.15) is 5.82 Å². The van der Waals surface area contributed by atoms with E-state index in [1.54, 1.807) is 6.20 Å². The number of nitrogens with zero attached hydrogens (tertiary/aromatic N) is 1. The van der Waals surface area contributed by atoms with Crippen LogP contribution in [0, 0.1) is 0 Å². The van der Waals surface area contributed by atoms with Gasteiger partial charge in [0.15, 0.2) is 0 Å². The van der Waals surface area contributed by atoms with Crippen molar-refractivity contribution in [1.29, 1.82) is 0 Å². The number of nitrogen functional groups attached to an aromatic ring is 1. The molecule has 0 saturated heterocycles. The van der Waals surface area contributed by atoms with Crippen LogP contribution in [0.3, 0.4) is 0 Å². The van der Waals surface area contributed by atoms with Crippen LogP contribution in [0.1, 0.15) is 0 Å². The lowest BCUT2D eigenvalue weighted by Crippen LogP contribution is -2.03. The lowest BCUT2D eigenvalue weighted by Gasteiger charge is -2.01. The molecule has 4 heteroatoms. The van der Waals surface area contributed by atoms with Gasteiger partial charge in [0.25, 0.3) is 0 Å². The number of hydrogen-bond acceptors (Lipinski definition) is 4. The van der Waals surface area contributed by atoms with Gasteiger partial charge in [-0.05, 0) is 12.1 Å². The zero-order valence-corrected chi connectivity index (χ0v) is 7.01. The van der Waals surface area contributed by atoms with Crippen molar-refractivity contribution < 1.29 is 0 Å². The Bertz CT molecular complexity index is 209. The maximum atomic E-state index is 5.45. The first-order valence-corrected chi connectivity index (χ1v) is 4.02. The number of nitrogens with one attached hydrogen (secondary N) is 1. The third kappa shape index (κ3) is 2.67. The first-order valence-electron chi connectivity index (χ1n) is 3.39. The molecule has 0 spiro atoms. The molecule has 1 aromatic heterocycles. The second-order valence-electron chi connectivity index (χ2n) is 2.13. The minimum atomic E-state index is 0.682. The van der Waals surface area contributed by atoms with Crippen LogP contribution in [0.5, 0.6) is 0 Å². The monoisotopic (exact) mass is 169 g/mol. The average molecular weight is 169 g/mol. The Morgan fingerprint density at radius 1 is 1.55 bits per heavy atom. The SMILES string of the molecule is Nc1ccc(NCCS)nc1. The number of aromatic nitrogens is 1. The minimum absolute atomic E-state index is 0.682. The van der Waals surface area contributed by atoms with Gasteiger partial charge in [0.05, 0.1) is 11.9 Å². The number of rotatable bonds is 3. The third-order valence-electron chi connectivity index (χ3n) is 1.20. The molecule has 0 aliphatic carbocycles. The summed E-state index contributed by atoms with van der Waals surface area (Å²) >= 11 is 4.06. The Labute approximate surface area is 71.4 Å². The summed E-state index contributed by atoms with van der Waals surface area (Å²) in [5.41, 5.74) is 6.13. The standard InChI is InChI=1S/C7H11N3S/c8-6-1-2-7(10-5-6)9-3-4-11/h1-2,5,11H,3-4,8H2,(H,9,10). The van der Waals surface area contributed by atoms with Gasteiger partial charge >= 0.3 is 0 Å². The van der Waals surface area contributed by atoms with E-state index in [1.807, 2.05) is 12.1 Å². The molecule has 0 amide bonds. The number of pyridine rings is 1. The van der Waals surface area contributed by atoms with Crippen LogP contribution < -0.4 is 11.1 Å². The van der Waals surface area contributed by atoms with E-state index in [0.717, 1.165) is 18.1 Å². The van der Waals surface area contributed by atoms with E-state index in [1.165, 1.54) is 0 Å². The summed E-state index contributed by atoms with van der Waals surface area (Å²) in [7, 11) is 0. The molecule has 1 heterocycles. The van der Waals surface area contributed by atoms with Gasteiger partial charge in [-0.25, -0.2) is 4.98 Å². The molecule has 0 aliphatic rings. The fraction of sp³-hybridized carbons (Fsp3) is 0.286. The maximum Gasteiger partial charge on any atom is 0.126 e. The molecule has 1 rings (SSSR count). The average Bonchev–Trinajstić information content (AvgIpc) is 2.04. The molecule has 60 valence electrons. The summed E-state index contributed by atoms with van der Waals surface area (Å²) in [5.74, 6) is 1.64. The number of thiol groups is 1. The summed E-state index contributed by atoms with van der Waals surface area (Å²) in [4.78, 5) is 4.05. The fourth-order valence-corrected chi connectivity index (χ4v) is 0.806. The van der Waals surface area contributed by atoms with Crippen molar-refractivity contribution in [3.63, 3.8) is 0 Å². The maximum absolute atomic E-state index is 5.45. The first-order chi connectivity index (χ1) is 5.33. The highest BCUT2D eigenvalue weighted by atomic mass is 32.1. The summed E-state index contributed by atoms with van der Waals surface area (Å²) in [5, 5.41) is 3.08. The third-order valence-corrected chi connectivity index (χ3v) is 1.43. The van der Waals surface area contributed by atoms with Crippen LogP contribution in [0.15, 0.2) is 18.3 Å². The fourth-order valence-electron chi connectivity index (χ4n) is 0.694. The Kier molecular flexibility index (Phi) is 3.04. The van der Waals surface area contributed by atoms with Gasteiger partial charge < -0.3 is 11.1 Å². The molecular formula is C7H11N3S. The summed E-state index contributed by atoms with van der Waals surface area (Å²) < 4.78 is 0. The number of hydrogen-bond donors (Lipinski definition) is 3. The highest BCUT2D eigenvalue weighted by Gasteiger charge is 1.89. The second-order valence-corrected chi connectivity index (χ2v) is 2.57. The summed E-state index contributed by atoms with van der Waals surface area (Å²) in [6.07, 6.45) is 1.63. The smallest absolute Gasteiger partial charge is 0.126 e. The van der Waals surface area contributed by atoms with Crippen molar-refractivity contribution in [2.75, 3.05) is 23.3 Å². The van der Waals surface area contributed by atoms with Gasteiger partial charge in [0.2, 0.25) is 0 Å². The molecule has 0 aromatic carbocycles. The highest BCUT2D eigenvalue weighted by molar-refractivity contribution is 7.80. The van der Waals surface area contributed by atoms with Gasteiger partial charge in [-0.15, -0.1) is 0 Å². The van der Waals surface area contributed by atoms with Gasteiger partial charge in [-0.1, -0.05) is 0 Å². The van der Waals surface area contributed by atoms with Crippen molar-refractivity contribution >= 4 is 24.1 Å². The number of nitrogens with two attached hydrogens (primary N) is 1. The van der Waals surface area contributed by atoms with E-state index in [4.69, 9.17) is 5.73 Å². The largest absolute Gasteiger partial charge is 0.397 e. The Morgan fingerprint density at radius 3 is 2.91 bits per heavy atom. The molecule has 0 unspecified atom stereocenters. The topological polar surface area (TPSA) is 50.9 Å². The number of anilines is 2. The quantitative estimate of drug-likeness (QED) is 0.592. The van der Waals surface area contributed by atoms with E-state index in [9.17, 15) is 0 Å². The van der Waals surface area contributed by atoms with E-state index >= 15 is 0 Å². The van der Waals surface area contributed by atoms with Crippen LogP contribution in [-0.2, 0) is 0 Å². The van der Waals surface area contributed by atoms with Crippen molar-refractivity contribution in [1.82, 2.24) is 4.98 Å². The normalized spacial score (nSPS) is 9.55. The minimum Gasteiger partial charge on any atom is -0.397 e. The second kappa shape index (κ2) is 4.08. The van der Waals surface area contributed by atoms with Gasteiger partial charge in [0, 0.05) is 12.3 Å². The lowest BCUT2D eigenvalue weighted by atomic mass is 10.4. The van der Waals surface area contributed by atoms with Crippen LogP contribution in [0.25, 0.3) is 0 Å². The molecule has 0 saturated carbocycles. The summed E-state index contributed by atoms with van der Waals surface area (Å²) in [6.45, 7) is 0.819. The zero-order valence-electron chi connectivity index (χ0n) is 6.12. The van der Waals surface area contributed by atoms with Crippen LogP contribution >= 0.6 is 12.6 Å². The highest BCUT2D eigenvalue weighted by Crippen LogP contribution is 2.04. The molecule has 3 N–H and O–H groups in total. The van der Waals surface area contributed by atoms with Gasteiger partial charge in [-0.2, -0.15) is 12.6 Å². The predicted octanol–water partition coefficient (Wildman–Crippen LogP) is 1.01. The van der Waals surface area contributed by atoms with Gasteiger partial charge in [-0.3, -0.25) is 0 Å². The van der Waals surface area contributed by atoms with E-state index in [2.05, 4.69) is 22.9 Å². The lowest BCUT2D eigenvalue weighted by molar-refractivity contribution is 1.17. The molecule has 0 fully saturated rings. The molecule has 0 aliphatic heterocycles. The summed E-state index contributed by atoms with van der Waals surface area (Å²) in [6, 6.07) is 3.66. The molecule has 1 aromatic rings. The zero-order chi connectivity index (χ0) is 8.10. The molecule has 0 bridgehead atoms. The molecule has 0 radical (unpaired) electrons. The molecule has 3 nitrogen and oxygen atoms in total. The Hall–Kier alpha value is -0.900. The molecule has 11 heavy (non-hydrogen) atoms. The first kappa shape index (κ1) is 8.20. The predicted molar refractivity (Wildman–Crippen MR) is 51.0 cm³/mol. The van der Waals surface area contributed by atoms with E-state index in [-0.39, 0.29) is 0 Å². The van der Waals surface area contributed by atoms with Crippen molar-refractivity contribution in [2.24, 2.45) is 0 Å². The van der Waals surface area contributed by atoms with Crippen molar-refractivity contribution in [2.45, 2.75) is 0 Å². The van der Waals surface area contributed by atoms with Crippen LogP contribution in [0.4, 0.5) is 11.5 Å². The Balaban J connectivity index is 2.52. The van der Waals surface area contributed by atoms with Crippen LogP contribution in [0.2, 0.25) is 0 Å². The Morgan fingerprint density at radius 2 is 2.36 bits per heavy atom. The van der Waals surface area contributed by atoms with Crippen LogP contribution in [-0.4, -0.2) is 17.3 Å². The van der Waals surface area contributed by atoms with E-state index < -0.39 is 0 Å². The van der Waals surface area contributed by atoms with Crippen molar-refractivity contribution in [3.8, 4) is 0 Å². The van der Waals surface area contributed by atoms with E-state index in [0.29, 0.717) is 5.69 Å². The molecule has 0 atom stereocenters. The van der Waals surface area contributed by atoms with Crippen molar-refractivity contribution in [3.05, 3.63) is 18.3 Å².